The molecular formula is C14H20BrN3O. The van der Waals surface area contributed by atoms with E-state index in [0.717, 1.165) is 36.9 Å². The van der Waals surface area contributed by atoms with E-state index >= 15 is 0 Å². The van der Waals surface area contributed by atoms with Gasteiger partial charge in [-0.3, -0.25) is 4.79 Å². The quantitative estimate of drug-likeness (QED) is 0.838. The summed E-state index contributed by atoms with van der Waals surface area (Å²) in [5.74, 6) is -0.0752. The standard InChI is InChI=1S/C14H20BrN3O/c1-2-18-7-5-11(6-8-18)17-14(19)12-9-10(15)3-4-13(12)16/h3-4,9,11H,2,5-8,16H2,1H3,(H,17,19). The largest absolute Gasteiger partial charge is 0.398 e. The predicted octanol–water partition coefficient (Wildman–Crippen LogP) is 2.25. The van der Waals surface area contributed by atoms with Crippen molar-refractivity contribution in [2.24, 2.45) is 0 Å². The molecule has 0 aliphatic carbocycles. The zero-order valence-electron chi connectivity index (χ0n) is 11.2. The number of nitrogens with zero attached hydrogens (tertiary/aromatic N) is 1. The Kier molecular flexibility index (Phi) is 4.82. The summed E-state index contributed by atoms with van der Waals surface area (Å²) in [4.78, 5) is 14.6. The first-order valence-electron chi connectivity index (χ1n) is 6.68. The second-order valence-electron chi connectivity index (χ2n) is 4.91. The molecule has 1 saturated heterocycles. The molecular weight excluding hydrogens is 306 g/mol. The summed E-state index contributed by atoms with van der Waals surface area (Å²) >= 11 is 3.36. The lowest BCUT2D eigenvalue weighted by atomic mass is 10.0. The number of hydrogen-bond acceptors (Lipinski definition) is 3. The van der Waals surface area contributed by atoms with Crippen molar-refractivity contribution in [3.63, 3.8) is 0 Å². The Balaban J connectivity index is 1.96. The molecule has 4 nitrogen and oxygen atoms in total. The van der Waals surface area contributed by atoms with Gasteiger partial charge in [0.15, 0.2) is 0 Å². The number of anilines is 1. The minimum atomic E-state index is -0.0752. The van der Waals surface area contributed by atoms with Gasteiger partial charge >= 0.3 is 0 Å². The van der Waals surface area contributed by atoms with Gasteiger partial charge < -0.3 is 16.0 Å². The minimum Gasteiger partial charge on any atom is -0.398 e. The van der Waals surface area contributed by atoms with Crippen molar-refractivity contribution in [2.75, 3.05) is 25.4 Å². The number of rotatable bonds is 3. The number of piperidine rings is 1. The van der Waals surface area contributed by atoms with Crippen LogP contribution in [0.15, 0.2) is 22.7 Å². The summed E-state index contributed by atoms with van der Waals surface area (Å²) < 4.78 is 0.868. The molecule has 1 aliphatic heterocycles. The number of nitrogens with one attached hydrogen (secondary N) is 1. The molecule has 1 aromatic carbocycles. The summed E-state index contributed by atoms with van der Waals surface area (Å²) in [6, 6.07) is 5.62. The topological polar surface area (TPSA) is 58.4 Å². The van der Waals surface area contributed by atoms with E-state index in [0.29, 0.717) is 11.3 Å². The van der Waals surface area contributed by atoms with E-state index in [2.05, 4.69) is 33.1 Å². The van der Waals surface area contributed by atoms with Crippen LogP contribution in [0.1, 0.15) is 30.1 Å². The number of carbonyl (C=O) groups excluding carboxylic acids is 1. The number of carbonyl (C=O) groups is 1. The molecule has 2 rings (SSSR count). The fourth-order valence-corrected chi connectivity index (χ4v) is 2.74. The number of likely N-dealkylation sites (tertiary alicyclic amines) is 1. The highest BCUT2D eigenvalue weighted by Crippen LogP contribution is 2.19. The van der Waals surface area contributed by atoms with E-state index in [4.69, 9.17) is 5.73 Å². The first kappa shape index (κ1) is 14.3. The number of nitrogen functional groups attached to an aromatic ring is 1. The predicted molar refractivity (Wildman–Crippen MR) is 81.2 cm³/mol. The van der Waals surface area contributed by atoms with Crippen LogP contribution in [0, 0.1) is 0 Å². The number of nitrogens with two attached hydrogens (primary N) is 1. The van der Waals surface area contributed by atoms with Crippen LogP contribution in [0.3, 0.4) is 0 Å². The normalized spacial score (nSPS) is 17.4. The Morgan fingerprint density at radius 3 is 2.79 bits per heavy atom. The maximum Gasteiger partial charge on any atom is 0.253 e. The molecule has 104 valence electrons. The lowest BCUT2D eigenvalue weighted by molar-refractivity contribution is 0.0913. The van der Waals surface area contributed by atoms with Gasteiger partial charge in [-0.2, -0.15) is 0 Å². The number of benzene rings is 1. The molecule has 1 aliphatic rings. The van der Waals surface area contributed by atoms with Gasteiger partial charge in [-0.25, -0.2) is 0 Å². The fraction of sp³-hybridized carbons (Fsp3) is 0.500. The van der Waals surface area contributed by atoms with Crippen LogP contribution in [-0.2, 0) is 0 Å². The summed E-state index contributed by atoms with van der Waals surface area (Å²) in [6.07, 6.45) is 2.01. The first-order chi connectivity index (χ1) is 9.10. The average Bonchev–Trinajstić information content (AvgIpc) is 2.42. The summed E-state index contributed by atoms with van der Waals surface area (Å²) in [5.41, 5.74) is 6.92. The van der Waals surface area contributed by atoms with Gasteiger partial charge in [0.25, 0.3) is 5.91 Å². The minimum absolute atomic E-state index is 0.0752. The maximum absolute atomic E-state index is 12.2. The van der Waals surface area contributed by atoms with Crippen LogP contribution < -0.4 is 11.1 Å². The molecule has 19 heavy (non-hydrogen) atoms. The molecule has 0 aromatic heterocycles. The lowest BCUT2D eigenvalue weighted by Crippen LogP contribution is -2.44. The Bertz CT molecular complexity index is 456. The van der Waals surface area contributed by atoms with Gasteiger partial charge in [0, 0.05) is 29.3 Å². The summed E-state index contributed by atoms with van der Waals surface area (Å²) in [5, 5.41) is 3.08. The molecule has 0 radical (unpaired) electrons. The zero-order valence-corrected chi connectivity index (χ0v) is 12.7. The van der Waals surface area contributed by atoms with Gasteiger partial charge in [0.2, 0.25) is 0 Å². The highest BCUT2D eigenvalue weighted by molar-refractivity contribution is 9.10. The van der Waals surface area contributed by atoms with E-state index in [1.54, 1.807) is 12.1 Å². The van der Waals surface area contributed by atoms with E-state index < -0.39 is 0 Å². The summed E-state index contributed by atoms with van der Waals surface area (Å²) in [6.45, 7) is 5.35. The monoisotopic (exact) mass is 325 g/mol. The third kappa shape index (κ3) is 3.70. The highest BCUT2D eigenvalue weighted by Gasteiger charge is 2.21. The van der Waals surface area contributed by atoms with Crippen LogP contribution in [0.25, 0.3) is 0 Å². The molecule has 0 spiro atoms. The molecule has 0 bridgehead atoms. The SMILES string of the molecule is CCN1CCC(NC(=O)c2cc(Br)ccc2N)CC1. The van der Waals surface area contributed by atoms with E-state index in [9.17, 15) is 4.79 Å². The van der Waals surface area contributed by atoms with Gasteiger partial charge in [-0.1, -0.05) is 22.9 Å². The summed E-state index contributed by atoms with van der Waals surface area (Å²) in [7, 11) is 0. The van der Waals surface area contributed by atoms with Crippen molar-refractivity contribution < 1.29 is 4.79 Å². The third-order valence-electron chi connectivity index (χ3n) is 3.63. The van der Waals surface area contributed by atoms with Gasteiger partial charge in [0.1, 0.15) is 0 Å². The molecule has 0 unspecified atom stereocenters. The number of hydrogen-bond donors (Lipinski definition) is 2. The zero-order chi connectivity index (χ0) is 13.8. The lowest BCUT2D eigenvalue weighted by Gasteiger charge is -2.31. The van der Waals surface area contributed by atoms with Crippen molar-refractivity contribution in [1.29, 1.82) is 0 Å². The van der Waals surface area contributed by atoms with Crippen molar-refractivity contribution in [3.8, 4) is 0 Å². The molecule has 1 heterocycles. The van der Waals surface area contributed by atoms with Crippen LogP contribution in [0.4, 0.5) is 5.69 Å². The first-order valence-corrected chi connectivity index (χ1v) is 7.47. The van der Waals surface area contributed by atoms with Gasteiger partial charge in [-0.15, -0.1) is 0 Å². The van der Waals surface area contributed by atoms with Gasteiger partial charge in [-0.05, 0) is 37.6 Å². The Hall–Kier alpha value is -1.07. The number of amides is 1. The van der Waals surface area contributed by atoms with Crippen molar-refractivity contribution in [3.05, 3.63) is 28.2 Å². The Morgan fingerprint density at radius 2 is 2.16 bits per heavy atom. The molecule has 0 saturated carbocycles. The van der Waals surface area contributed by atoms with Crippen LogP contribution in [0.5, 0.6) is 0 Å². The Morgan fingerprint density at radius 1 is 1.47 bits per heavy atom. The smallest absolute Gasteiger partial charge is 0.253 e. The fourth-order valence-electron chi connectivity index (χ4n) is 2.38. The van der Waals surface area contributed by atoms with Crippen molar-refractivity contribution in [2.45, 2.75) is 25.8 Å². The van der Waals surface area contributed by atoms with E-state index in [1.165, 1.54) is 0 Å². The third-order valence-corrected chi connectivity index (χ3v) is 4.12. The second-order valence-corrected chi connectivity index (χ2v) is 5.83. The van der Waals surface area contributed by atoms with Gasteiger partial charge in [0.05, 0.1) is 5.56 Å². The molecule has 1 fully saturated rings. The average molecular weight is 326 g/mol. The van der Waals surface area contributed by atoms with Crippen molar-refractivity contribution >= 4 is 27.5 Å². The van der Waals surface area contributed by atoms with E-state index in [-0.39, 0.29) is 11.9 Å². The molecule has 3 N–H and O–H groups in total. The maximum atomic E-state index is 12.2. The highest BCUT2D eigenvalue weighted by atomic mass is 79.9. The molecule has 5 heteroatoms. The van der Waals surface area contributed by atoms with Crippen LogP contribution >= 0.6 is 15.9 Å². The second kappa shape index (κ2) is 6.39. The molecule has 1 aromatic rings. The number of halogens is 1. The van der Waals surface area contributed by atoms with Crippen LogP contribution in [0.2, 0.25) is 0 Å². The molecule has 0 atom stereocenters. The van der Waals surface area contributed by atoms with E-state index in [1.807, 2.05) is 6.07 Å². The van der Waals surface area contributed by atoms with Crippen LogP contribution in [-0.4, -0.2) is 36.5 Å². The Labute approximate surface area is 122 Å². The van der Waals surface area contributed by atoms with Crippen molar-refractivity contribution in [1.82, 2.24) is 10.2 Å². The molecule has 1 amide bonds.